The predicted octanol–water partition coefficient (Wildman–Crippen LogP) is 1.74. The van der Waals surface area contributed by atoms with Gasteiger partial charge < -0.3 is 14.7 Å². The van der Waals surface area contributed by atoms with Crippen LogP contribution in [0.1, 0.15) is 46.5 Å². The number of piperidine rings is 2. The number of hydrogen-bond acceptors (Lipinski definition) is 4. The SMILES string of the molecule is CCN1CCC2(CC1)CCN(CCN1CCN(C(C)C)CC1=O)CC2. The van der Waals surface area contributed by atoms with E-state index >= 15 is 0 Å². The van der Waals surface area contributed by atoms with Gasteiger partial charge in [-0.2, -0.15) is 0 Å². The van der Waals surface area contributed by atoms with Gasteiger partial charge in [-0.05, 0) is 77.7 Å². The Balaban J connectivity index is 1.38. The number of amides is 1. The van der Waals surface area contributed by atoms with Gasteiger partial charge in [-0.3, -0.25) is 9.69 Å². The monoisotopic (exact) mass is 350 g/mol. The molecule has 3 saturated heterocycles. The third-order valence-corrected chi connectivity index (χ3v) is 7.05. The van der Waals surface area contributed by atoms with E-state index < -0.39 is 0 Å². The van der Waals surface area contributed by atoms with Crippen LogP contribution in [-0.4, -0.2) is 97.0 Å². The first-order chi connectivity index (χ1) is 12.0. The summed E-state index contributed by atoms with van der Waals surface area (Å²) in [5.74, 6) is 0.320. The fourth-order valence-corrected chi connectivity index (χ4v) is 4.76. The van der Waals surface area contributed by atoms with Gasteiger partial charge in [-0.15, -0.1) is 0 Å². The zero-order valence-electron chi connectivity index (χ0n) is 16.7. The maximum atomic E-state index is 12.3. The van der Waals surface area contributed by atoms with E-state index in [1.807, 2.05) is 0 Å². The van der Waals surface area contributed by atoms with Crippen molar-refractivity contribution >= 4 is 5.91 Å². The Bertz CT molecular complexity index is 435. The molecule has 25 heavy (non-hydrogen) atoms. The fourth-order valence-electron chi connectivity index (χ4n) is 4.76. The van der Waals surface area contributed by atoms with Gasteiger partial charge >= 0.3 is 0 Å². The number of rotatable bonds is 5. The standard InChI is InChI=1S/C20H38N4O/c1-4-21-9-5-20(6-10-21)7-11-22(12-8-20)13-14-23-15-16-24(18(2)3)17-19(23)25/h18H,4-17H2,1-3H3. The second-order valence-electron chi connectivity index (χ2n) is 8.72. The number of carbonyl (C=O) groups excluding carboxylic acids is 1. The third-order valence-electron chi connectivity index (χ3n) is 7.05. The van der Waals surface area contributed by atoms with E-state index in [4.69, 9.17) is 0 Å². The van der Waals surface area contributed by atoms with Gasteiger partial charge in [0.1, 0.15) is 0 Å². The summed E-state index contributed by atoms with van der Waals surface area (Å²) < 4.78 is 0. The zero-order valence-corrected chi connectivity index (χ0v) is 16.7. The van der Waals surface area contributed by atoms with Gasteiger partial charge in [-0.25, -0.2) is 0 Å². The van der Waals surface area contributed by atoms with Crippen molar-refractivity contribution < 1.29 is 4.79 Å². The Labute approximate surface area is 154 Å². The van der Waals surface area contributed by atoms with Crippen LogP contribution < -0.4 is 0 Å². The van der Waals surface area contributed by atoms with Crippen LogP contribution in [-0.2, 0) is 4.79 Å². The minimum absolute atomic E-state index is 0.320. The summed E-state index contributed by atoms with van der Waals surface area (Å²) in [6.45, 7) is 17.4. The highest BCUT2D eigenvalue weighted by Gasteiger charge is 2.37. The lowest BCUT2D eigenvalue weighted by atomic mass is 9.71. The zero-order chi connectivity index (χ0) is 17.9. The molecule has 3 fully saturated rings. The van der Waals surface area contributed by atoms with Gasteiger partial charge in [0, 0.05) is 32.2 Å². The van der Waals surface area contributed by atoms with E-state index in [2.05, 4.69) is 40.4 Å². The highest BCUT2D eigenvalue weighted by atomic mass is 16.2. The summed E-state index contributed by atoms with van der Waals surface area (Å²) in [5.41, 5.74) is 0.626. The molecule has 0 radical (unpaired) electrons. The average Bonchev–Trinajstić information content (AvgIpc) is 2.63. The number of nitrogens with zero attached hydrogens (tertiary/aromatic N) is 4. The molecule has 1 spiro atoms. The summed E-state index contributed by atoms with van der Waals surface area (Å²) in [4.78, 5) is 21.9. The first kappa shape index (κ1) is 19.1. The molecule has 3 rings (SSSR count). The maximum Gasteiger partial charge on any atom is 0.236 e. The van der Waals surface area contributed by atoms with Crippen molar-refractivity contribution in [3.8, 4) is 0 Å². The molecule has 3 heterocycles. The smallest absolute Gasteiger partial charge is 0.236 e. The Hall–Kier alpha value is -0.650. The van der Waals surface area contributed by atoms with Crippen molar-refractivity contribution in [3.63, 3.8) is 0 Å². The van der Waals surface area contributed by atoms with Crippen LogP contribution in [0.4, 0.5) is 0 Å². The summed E-state index contributed by atoms with van der Waals surface area (Å²) in [6.07, 6.45) is 5.51. The largest absolute Gasteiger partial charge is 0.339 e. The first-order valence-electron chi connectivity index (χ1n) is 10.5. The van der Waals surface area contributed by atoms with Crippen molar-refractivity contribution in [1.82, 2.24) is 19.6 Å². The van der Waals surface area contributed by atoms with Gasteiger partial charge in [0.2, 0.25) is 5.91 Å². The molecular formula is C20H38N4O. The van der Waals surface area contributed by atoms with E-state index in [1.54, 1.807) is 0 Å². The molecule has 3 aliphatic rings. The molecule has 144 valence electrons. The number of likely N-dealkylation sites (tertiary alicyclic amines) is 2. The molecular weight excluding hydrogens is 312 g/mol. The van der Waals surface area contributed by atoms with Crippen molar-refractivity contribution in [2.24, 2.45) is 5.41 Å². The summed E-state index contributed by atoms with van der Waals surface area (Å²) in [6, 6.07) is 0.475. The minimum atomic E-state index is 0.320. The van der Waals surface area contributed by atoms with Crippen molar-refractivity contribution in [2.75, 3.05) is 65.4 Å². The van der Waals surface area contributed by atoms with Crippen LogP contribution in [0.15, 0.2) is 0 Å². The summed E-state index contributed by atoms with van der Waals surface area (Å²) in [7, 11) is 0. The molecule has 0 unspecified atom stereocenters. The summed E-state index contributed by atoms with van der Waals surface area (Å²) in [5, 5.41) is 0. The van der Waals surface area contributed by atoms with E-state index in [0.717, 1.165) is 26.2 Å². The normalized spacial score (nSPS) is 26.7. The van der Waals surface area contributed by atoms with Crippen LogP contribution in [0, 0.1) is 5.41 Å². The topological polar surface area (TPSA) is 30.0 Å². The van der Waals surface area contributed by atoms with Crippen LogP contribution in [0.5, 0.6) is 0 Å². The Morgan fingerprint density at radius 1 is 0.880 bits per heavy atom. The van der Waals surface area contributed by atoms with Gasteiger partial charge in [0.05, 0.1) is 6.54 Å². The molecule has 1 amide bonds. The highest BCUT2D eigenvalue weighted by molar-refractivity contribution is 5.79. The molecule has 0 aromatic carbocycles. The Kier molecular flexibility index (Phi) is 6.39. The Morgan fingerprint density at radius 3 is 2.00 bits per heavy atom. The lowest BCUT2D eigenvalue weighted by Crippen LogP contribution is -2.54. The lowest BCUT2D eigenvalue weighted by Gasteiger charge is -2.47. The number of carbonyl (C=O) groups is 1. The second-order valence-corrected chi connectivity index (χ2v) is 8.72. The molecule has 5 heteroatoms. The van der Waals surface area contributed by atoms with Crippen molar-refractivity contribution in [2.45, 2.75) is 52.5 Å². The van der Waals surface area contributed by atoms with Crippen LogP contribution in [0.3, 0.4) is 0 Å². The average molecular weight is 351 g/mol. The first-order valence-corrected chi connectivity index (χ1v) is 10.5. The van der Waals surface area contributed by atoms with Crippen LogP contribution in [0.25, 0.3) is 0 Å². The van der Waals surface area contributed by atoms with Crippen LogP contribution >= 0.6 is 0 Å². The van der Waals surface area contributed by atoms with Crippen molar-refractivity contribution in [1.29, 1.82) is 0 Å². The number of hydrogen-bond donors (Lipinski definition) is 0. The lowest BCUT2D eigenvalue weighted by molar-refractivity contribution is -0.137. The Morgan fingerprint density at radius 2 is 1.48 bits per heavy atom. The third kappa shape index (κ3) is 4.75. The van der Waals surface area contributed by atoms with E-state index in [1.165, 1.54) is 58.4 Å². The predicted molar refractivity (Wildman–Crippen MR) is 103 cm³/mol. The van der Waals surface area contributed by atoms with Crippen LogP contribution in [0.2, 0.25) is 0 Å². The minimum Gasteiger partial charge on any atom is -0.339 e. The molecule has 0 saturated carbocycles. The molecule has 0 atom stereocenters. The molecule has 0 aromatic heterocycles. The van der Waals surface area contributed by atoms with Gasteiger partial charge in [0.15, 0.2) is 0 Å². The summed E-state index contributed by atoms with van der Waals surface area (Å²) >= 11 is 0. The molecule has 0 N–H and O–H groups in total. The van der Waals surface area contributed by atoms with E-state index in [0.29, 0.717) is 23.9 Å². The molecule has 5 nitrogen and oxygen atoms in total. The van der Waals surface area contributed by atoms with Crippen molar-refractivity contribution in [3.05, 3.63) is 0 Å². The number of piperazine rings is 1. The highest BCUT2D eigenvalue weighted by Crippen LogP contribution is 2.41. The van der Waals surface area contributed by atoms with E-state index in [9.17, 15) is 4.79 Å². The quantitative estimate of drug-likeness (QED) is 0.755. The van der Waals surface area contributed by atoms with Gasteiger partial charge in [-0.1, -0.05) is 6.92 Å². The molecule has 0 aromatic rings. The molecule has 0 aliphatic carbocycles. The second kappa shape index (κ2) is 8.36. The molecule has 0 bridgehead atoms. The fraction of sp³-hybridized carbons (Fsp3) is 0.950. The molecule has 3 aliphatic heterocycles. The van der Waals surface area contributed by atoms with Gasteiger partial charge in [0.25, 0.3) is 0 Å². The maximum absolute atomic E-state index is 12.3. The van der Waals surface area contributed by atoms with E-state index in [-0.39, 0.29) is 0 Å².